The van der Waals surface area contributed by atoms with E-state index in [1.54, 1.807) is 24.7 Å². The van der Waals surface area contributed by atoms with Crippen molar-refractivity contribution in [3.63, 3.8) is 0 Å². The summed E-state index contributed by atoms with van der Waals surface area (Å²) in [5.74, 6) is 0.553. The van der Waals surface area contributed by atoms with Crippen molar-refractivity contribution in [2.24, 2.45) is 4.99 Å². The van der Waals surface area contributed by atoms with E-state index in [4.69, 9.17) is 4.74 Å². The van der Waals surface area contributed by atoms with Gasteiger partial charge < -0.3 is 4.74 Å². The Morgan fingerprint density at radius 2 is 2.36 bits per heavy atom. The highest BCUT2D eigenvalue weighted by Gasteiger charge is 2.01. The zero-order chi connectivity index (χ0) is 7.52. The van der Waals surface area contributed by atoms with Gasteiger partial charge in [-0.1, -0.05) is 0 Å². The zero-order valence-corrected chi connectivity index (χ0v) is 5.77. The average Bonchev–Trinajstić information content (AvgIpc) is 2.28. The fraction of sp³-hybridized carbons (Fsp3) is 0. The van der Waals surface area contributed by atoms with Crippen LogP contribution in [0.1, 0.15) is 0 Å². The van der Waals surface area contributed by atoms with E-state index in [0.29, 0.717) is 5.88 Å². The molecule has 0 aliphatic carbocycles. The van der Waals surface area contributed by atoms with Crippen molar-refractivity contribution in [1.29, 1.82) is 0 Å². The molecule has 0 radical (unpaired) electrons. The molecular formula is C8H6N2O. The molecule has 3 nitrogen and oxygen atoms in total. The Kier molecular flexibility index (Phi) is 1.41. The second kappa shape index (κ2) is 2.54. The lowest BCUT2D eigenvalue weighted by atomic mass is 10.4. The van der Waals surface area contributed by atoms with Crippen LogP contribution in [0, 0.1) is 0 Å². The molecule has 2 rings (SSSR count). The molecule has 11 heavy (non-hydrogen) atoms. The maximum absolute atomic E-state index is 5.13. The minimum absolute atomic E-state index is 0.553. The van der Waals surface area contributed by atoms with Crippen molar-refractivity contribution in [2.45, 2.75) is 0 Å². The number of ether oxygens (including phenoxy) is 1. The summed E-state index contributed by atoms with van der Waals surface area (Å²) in [7, 11) is 0. The lowest BCUT2D eigenvalue weighted by Crippen LogP contribution is -1.83. The number of hydrogen-bond donors (Lipinski definition) is 0. The van der Waals surface area contributed by atoms with Gasteiger partial charge in [0.1, 0.15) is 5.69 Å². The van der Waals surface area contributed by atoms with Crippen molar-refractivity contribution in [2.75, 3.05) is 0 Å². The molecule has 0 N–H and O–H groups in total. The molecule has 1 aromatic heterocycles. The number of pyridine rings is 1. The first-order valence-electron chi connectivity index (χ1n) is 3.28. The van der Waals surface area contributed by atoms with Gasteiger partial charge in [-0.05, 0) is 18.2 Å². The third kappa shape index (κ3) is 1.12. The van der Waals surface area contributed by atoms with Gasteiger partial charge in [0.2, 0.25) is 5.88 Å². The predicted molar refractivity (Wildman–Crippen MR) is 42.2 cm³/mol. The van der Waals surface area contributed by atoms with Crippen molar-refractivity contribution >= 4 is 11.9 Å². The largest absolute Gasteiger partial charge is 0.445 e. The average molecular weight is 146 g/mol. The number of allylic oxidation sites excluding steroid dienone is 1. The van der Waals surface area contributed by atoms with Crippen LogP contribution in [0.25, 0.3) is 0 Å². The van der Waals surface area contributed by atoms with Crippen LogP contribution in [-0.2, 0) is 0 Å². The van der Waals surface area contributed by atoms with E-state index in [9.17, 15) is 0 Å². The van der Waals surface area contributed by atoms with Gasteiger partial charge >= 0.3 is 0 Å². The third-order valence-corrected chi connectivity index (χ3v) is 1.31. The van der Waals surface area contributed by atoms with E-state index in [1.807, 2.05) is 12.1 Å². The maximum atomic E-state index is 5.13. The monoisotopic (exact) mass is 146 g/mol. The lowest BCUT2D eigenvalue weighted by molar-refractivity contribution is 0.465. The molecule has 1 aromatic rings. The fourth-order valence-electron chi connectivity index (χ4n) is 0.834. The Morgan fingerprint density at radius 1 is 1.36 bits per heavy atom. The van der Waals surface area contributed by atoms with E-state index in [0.717, 1.165) is 5.69 Å². The molecule has 0 atom stereocenters. The molecule has 3 heteroatoms. The summed E-state index contributed by atoms with van der Waals surface area (Å²) >= 11 is 0. The molecule has 0 unspecified atom stereocenters. The van der Waals surface area contributed by atoms with Crippen LogP contribution in [0.3, 0.4) is 0 Å². The normalized spacial score (nSPS) is 13.5. The SMILES string of the molecule is C1=COc2ncccc2N=C1. The molecular weight excluding hydrogens is 140 g/mol. The van der Waals surface area contributed by atoms with Crippen LogP contribution in [0.4, 0.5) is 5.69 Å². The highest BCUT2D eigenvalue weighted by molar-refractivity contribution is 5.76. The molecule has 0 amide bonds. The zero-order valence-electron chi connectivity index (χ0n) is 5.77. The Bertz CT molecular complexity index is 318. The summed E-state index contributed by atoms with van der Waals surface area (Å²) in [5, 5.41) is 0. The Hall–Kier alpha value is -1.64. The number of aliphatic imine (C=N–C) groups is 1. The van der Waals surface area contributed by atoms with Gasteiger partial charge in [-0.3, -0.25) is 4.99 Å². The van der Waals surface area contributed by atoms with Gasteiger partial charge in [-0.25, -0.2) is 4.98 Å². The first-order valence-corrected chi connectivity index (χ1v) is 3.28. The fourth-order valence-corrected chi connectivity index (χ4v) is 0.834. The smallest absolute Gasteiger partial charge is 0.244 e. The van der Waals surface area contributed by atoms with Crippen LogP contribution >= 0.6 is 0 Å². The molecule has 0 fully saturated rings. The molecule has 0 aromatic carbocycles. The summed E-state index contributed by atoms with van der Waals surface area (Å²) < 4.78 is 5.13. The van der Waals surface area contributed by atoms with Gasteiger partial charge in [0.25, 0.3) is 0 Å². The van der Waals surface area contributed by atoms with Gasteiger partial charge in [0.05, 0.1) is 6.26 Å². The molecule has 1 aliphatic heterocycles. The van der Waals surface area contributed by atoms with Crippen LogP contribution < -0.4 is 4.74 Å². The van der Waals surface area contributed by atoms with Gasteiger partial charge in [0, 0.05) is 12.4 Å². The van der Waals surface area contributed by atoms with Crippen molar-refractivity contribution < 1.29 is 4.74 Å². The first-order chi connectivity index (χ1) is 5.47. The number of nitrogens with zero attached hydrogens (tertiary/aromatic N) is 2. The van der Waals surface area contributed by atoms with Crippen LogP contribution in [0.15, 0.2) is 35.7 Å². The Morgan fingerprint density at radius 3 is 3.36 bits per heavy atom. The summed E-state index contributed by atoms with van der Waals surface area (Å²) in [4.78, 5) is 8.08. The van der Waals surface area contributed by atoms with E-state index >= 15 is 0 Å². The van der Waals surface area contributed by atoms with E-state index in [2.05, 4.69) is 9.98 Å². The van der Waals surface area contributed by atoms with Gasteiger partial charge in [-0.2, -0.15) is 0 Å². The first kappa shape index (κ1) is 6.09. The number of hydrogen-bond acceptors (Lipinski definition) is 3. The molecule has 54 valence electrons. The summed E-state index contributed by atoms with van der Waals surface area (Å²) in [6.45, 7) is 0. The third-order valence-electron chi connectivity index (χ3n) is 1.31. The van der Waals surface area contributed by atoms with Crippen LogP contribution in [-0.4, -0.2) is 11.2 Å². The highest BCUT2D eigenvalue weighted by atomic mass is 16.5. The van der Waals surface area contributed by atoms with Crippen LogP contribution in [0.5, 0.6) is 5.88 Å². The van der Waals surface area contributed by atoms with Gasteiger partial charge in [0.15, 0.2) is 0 Å². The topological polar surface area (TPSA) is 34.5 Å². The molecule has 0 saturated carbocycles. The summed E-state index contributed by atoms with van der Waals surface area (Å²) in [5.41, 5.74) is 0.762. The maximum Gasteiger partial charge on any atom is 0.244 e. The van der Waals surface area contributed by atoms with Crippen LogP contribution in [0.2, 0.25) is 0 Å². The quantitative estimate of drug-likeness (QED) is 0.558. The second-order valence-electron chi connectivity index (χ2n) is 2.05. The molecule has 1 aliphatic rings. The lowest BCUT2D eigenvalue weighted by Gasteiger charge is -1.98. The predicted octanol–water partition coefficient (Wildman–Crippen LogP) is 1.69. The Labute approximate surface area is 64.1 Å². The number of aromatic nitrogens is 1. The van der Waals surface area contributed by atoms with E-state index in [1.165, 1.54) is 0 Å². The standard InChI is InChI=1S/C8H6N2O/c1-3-7-8(10-4-1)11-6-2-5-9-7/h1-6H. The molecule has 0 saturated heterocycles. The summed E-state index contributed by atoms with van der Waals surface area (Å²) in [6, 6.07) is 3.68. The Balaban J connectivity index is 2.52. The summed E-state index contributed by atoms with van der Waals surface area (Å²) in [6.07, 6.45) is 6.63. The van der Waals surface area contributed by atoms with Gasteiger partial charge in [-0.15, -0.1) is 0 Å². The van der Waals surface area contributed by atoms with E-state index in [-0.39, 0.29) is 0 Å². The number of rotatable bonds is 0. The van der Waals surface area contributed by atoms with E-state index < -0.39 is 0 Å². The molecule has 0 bridgehead atoms. The minimum Gasteiger partial charge on any atom is -0.445 e. The minimum atomic E-state index is 0.553. The van der Waals surface area contributed by atoms with Crippen molar-refractivity contribution in [3.8, 4) is 5.88 Å². The molecule has 0 spiro atoms. The van der Waals surface area contributed by atoms with Crippen molar-refractivity contribution in [1.82, 2.24) is 4.98 Å². The number of fused-ring (bicyclic) bond motifs is 1. The second-order valence-corrected chi connectivity index (χ2v) is 2.05. The highest BCUT2D eigenvalue weighted by Crippen LogP contribution is 2.24. The van der Waals surface area contributed by atoms with Crippen molar-refractivity contribution in [3.05, 3.63) is 30.7 Å². The molecule has 2 heterocycles.